The maximum atomic E-state index is 12.9. The lowest BCUT2D eigenvalue weighted by molar-refractivity contribution is -0.155. The number of likely N-dealkylation sites (tertiary alicyclic amines) is 1. The first-order chi connectivity index (χ1) is 10.6. The molecule has 2 rings (SSSR count). The van der Waals surface area contributed by atoms with Gasteiger partial charge in [-0.25, -0.2) is 9.59 Å². The Labute approximate surface area is 136 Å². The third-order valence-corrected chi connectivity index (χ3v) is 4.97. The summed E-state index contributed by atoms with van der Waals surface area (Å²) in [7, 11) is 1.23. The summed E-state index contributed by atoms with van der Waals surface area (Å²) in [5, 5.41) is 12.1. The minimum Gasteiger partial charge on any atom is -0.480 e. The van der Waals surface area contributed by atoms with Gasteiger partial charge in [-0.15, -0.1) is 0 Å². The zero-order valence-corrected chi connectivity index (χ0v) is 14.2. The zero-order chi connectivity index (χ0) is 17.4. The summed E-state index contributed by atoms with van der Waals surface area (Å²) in [6.45, 7) is 5.90. The van der Waals surface area contributed by atoms with Gasteiger partial charge in [0.25, 0.3) is 0 Å². The first kappa shape index (κ1) is 17.6. The Hall–Kier alpha value is -1.79. The average Bonchev–Trinajstić information content (AvgIpc) is 3.21. The summed E-state index contributed by atoms with van der Waals surface area (Å²) in [4.78, 5) is 37.5. The van der Waals surface area contributed by atoms with E-state index in [1.54, 1.807) is 0 Å². The van der Waals surface area contributed by atoms with Crippen LogP contribution in [0.2, 0.25) is 0 Å². The van der Waals surface area contributed by atoms with Crippen LogP contribution in [0.1, 0.15) is 46.5 Å². The SMILES string of the molecule is COC(=O)N[C@H](C(=O)N1CCC2(CC2)C[C@H]1C(=O)O)C(C)(C)C. The minimum atomic E-state index is -0.977. The molecule has 2 aliphatic rings. The smallest absolute Gasteiger partial charge is 0.407 e. The second kappa shape index (κ2) is 6.02. The van der Waals surface area contributed by atoms with E-state index in [1.807, 2.05) is 20.8 Å². The lowest BCUT2D eigenvalue weighted by Crippen LogP contribution is -2.60. The molecule has 1 saturated heterocycles. The molecule has 2 fully saturated rings. The normalized spacial score (nSPS) is 24.0. The summed E-state index contributed by atoms with van der Waals surface area (Å²) in [6.07, 6.45) is 2.73. The molecular formula is C16H26N2O5. The second-order valence-electron chi connectivity index (χ2n) is 7.77. The molecule has 0 aromatic rings. The fraction of sp³-hybridized carbons (Fsp3) is 0.812. The molecule has 2 N–H and O–H groups in total. The third-order valence-electron chi connectivity index (χ3n) is 4.97. The van der Waals surface area contributed by atoms with Gasteiger partial charge >= 0.3 is 12.1 Å². The van der Waals surface area contributed by atoms with Crippen molar-refractivity contribution in [2.45, 2.75) is 58.5 Å². The maximum absolute atomic E-state index is 12.9. The predicted octanol–water partition coefficient (Wildman–Crippen LogP) is 1.61. The molecule has 7 nitrogen and oxygen atoms in total. The molecule has 0 radical (unpaired) electrons. The Morgan fingerprint density at radius 3 is 2.30 bits per heavy atom. The molecule has 0 aromatic heterocycles. The van der Waals surface area contributed by atoms with Crippen molar-refractivity contribution in [1.29, 1.82) is 0 Å². The molecule has 1 aliphatic carbocycles. The van der Waals surface area contributed by atoms with Crippen molar-refractivity contribution in [2.75, 3.05) is 13.7 Å². The maximum Gasteiger partial charge on any atom is 0.407 e. The third kappa shape index (κ3) is 3.76. The lowest BCUT2D eigenvalue weighted by Gasteiger charge is -2.41. The van der Waals surface area contributed by atoms with Crippen molar-refractivity contribution < 1.29 is 24.2 Å². The molecule has 2 amide bonds. The first-order valence-corrected chi connectivity index (χ1v) is 7.97. The summed E-state index contributed by atoms with van der Waals surface area (Å²) in [5.41, 5.74) is -0.435. The molecule has 7 heteroatoms. The fourth-order valence-corrected chi connectivity index (χ4v) is 3.24. The van der Waals surface area contributed by atoms with Gasteiger partial charge < -0.3 is 20.1 Å². The highest BCUT2D eigenvalue weighted by atomic mass is 16.5. The van der Waals surface area contributed by atoms with Gasteiger partial charge in [0.15, 0.2) is 0 Å². The summed E-state index contributed by atoms with van der Waals surface area (Å²) in [5.74, 6) is -1.33. The lowest BCUT2D eigenvalue weighted by atomic mass is 9.83. The van der Waals surface area contributed by atoms with Crippen LogP contribution in [-0.2, 0) is 14.3 Å². The molecule has 0 unspecified atom stereocenters. The van der Waals surface area contributed by atoms with Gasteiger partial charge in [0, 0.05) is 6.54 Å². The number of methoxy groups -OCH3 is 1. The molecular weight excluding hydrogens is 300 g/mol. The van der Waals surface area contributed by atoms with Crippen LogP contribution in [0.25, 0.3) is 0 Å². The quantitative estimate of drug-likeness (QED) is 0.821. The van der Waals surface area contributed by atoms with Crippen LogP contribution in [0.3, 0.4) is 0 Å². The number of nitrogens with one attached hydrogen (secondary N) is 1. The monoisotopic (exact) mass is 326 g/mol. The second-order valence-corrected chi connectivity index (χ2v) is 7.77. The molecule has 1 spiro atoms. The summed E-state index contributed by atoms with van der Waals surface area (Å²) < 4.78 is 4.59. The Morgan fingerprint density at radius 2 is 1.87 bits per heavy atom. The van der Waals surface area contributed by atoms with Crippen LogP contribution in [0.15, 0.2) is 0 Å². The predicted molar refractivity (Wildman–Crippen MR) is 82.8 cm³/mol. The number of alkyl carbamates (subject to hydrolysis) is 1. The number of carbonyl (C=O) groups is 3. The van der Waals surface area contributed by atoms with Gasteiger partial charge in [0.05, 0.1) is 7.11 Å². The number of hydrogen-bond donors (Lipinski definition) is 2. The van der Waals surface area contributed by atoms with Crippen molar-refractivity contribution in [3.8, 4) is 0 Å². The van der Waals surface area contributed by atoms with Crippen molar-refractivity contribution in [3.63, 3.8) is 0 Å². The number of carboxylic acids is 1. The topological polar surface area (TPSA) is 95.9 Å². The number of ether oxygens (including phenoxy) is 1. The van der Waals surface area contributed by atoms with Crippen molar-refractivity contribution in [2.24, 2.45) is 10.8 Å². The van der Waals surface area contributed by atoms with E-state index in [0.717, 1.165) is 19.3 Å². The van der Waals surface area contributed by atoms with Crippen LogP contribution in [-0.4, -0.2) is 53.7 Å². The number of carbonyl (C=O) groups excluding carboxylic acids is 2. The highest BCUT2D eigenvalue weighted by Gasteiger charge is 2.52. The van der Waals surface area contributed by atoms with E-state index in [0.29, 0.717) is 13.0 Å². The van der Waals surface area contributed by atoms with E-state index in [-0.39, 0.29) is 11.3 Å². The number of piperidine rings is 1. The van der Waals surface area contributed by atoms with E-state index in [4.69, 9.17) is 0 Å². The number of nitrogens with zero attached hydrogens (tertiary/aromatic N) is 1. The van der Waals surface area contributed by atoms with E-state index < -0.39 is 29.6 Å². The molecule has 1 saturated carbocycles. The molecule has 23 heavy (non-hydrogen) atoms. The van der Waals surface area contributed by atoms with E-state index in [2.05, 4.69) is 10.1 Å². The Bertz CT molecular complexity index is 507. The number of amides is 2. The van der Waals surface area contributed by atoms with Gasteiger partial charge in [-0.05, 0) is 36.5 Å². The standard InChI is InChI=1S/C16H26N2O5/c1-15(2,3)11(17-14(22)23-4)12(19)18-8-7-16(5-6-16)9-10(18)13(20)21/h10-11H,5-9H2,1-4H3,(H,17,22)(H,20,21)/t10-,11+/m0/s1. The Kier molecular flexibility index (Phi) is 4.59. The number of carboxylic acid groups (broad SMARTS) is 1. The van der Waals surface area contributed by atoms with Crippen LogP contribution < -0.4 is 5.32 Å². The van der Waals surface area contributed by atoms with Crippen molar-refractivity contribution in [3.05, 3.63) is 0 Å². The number of hydrogen-bond acceptors (Lipinski definition) is 4. The summed E-state index contributed by atoms with van der Waals surface area (Å²) in [6, 6.07) is -1.65. The molecule has 1 aliphatic heterocycles. The van der Waals surface area contributed by atoms with Crippen LogP contribution in [0, 0.1) is 10.8 Å². The molecule has 130 valence electrons. The van der Waals surface area contributed by atoms with Crippen molar-refractivity contribution >= 4 is 18.0 Å². The molecule has 0 bridgehead atoms. The van der Waals surface area contributed by atoms with Gasteiger partial charge in [0.1, 0.15) is 12.1 Å². The van der Waals surface area contributed by atoms with Gasteiger partial charge in [-0.3, -0.25) is 4.79 Å². The average molecular weight is 326 g/mol. The highest BCUT2D eigenvalue weighted by Crippen LogP contribution is 2.55. The largest absolute Gasteiger partial charge is 0.480 e. The number of rotatable bonds is 3. The Balaban J connectivity index is 2.20. The van der Waals surface area contributed by atoms with Crippen LogP contribution >= 0.6 is 0 Å². The molecule has 0 aromatic carbocycles. The van der Waals surface area contributed by atoms with E-state index in [1.165, 1.54) is 12.0 Å². The molecule has 2 atom stereocenters. The van der Waals surface area contributed by atoms with Gasteiger partial charge in [0.2, 0.25) is 5.91 Å². The van der Waals surface area contributed by atoms with Crippen LogP contribution in [0.5, 0.6) is 0 Å². The first-order valence-electron chi connectivity index (χ1n) is 7.97. The Morgan fingerprint density at radius 1 is 1.26 bits per heavy atom. The number of aliphatic carboxylic acids is 1. The highest BCUT2D eigenvalue weighted by molar-refractivity contribution is 5.90. The minimum absolute atomic E-state index is 0.118. The fourth-order valence-electron chi connectivity index (χ4n) is 3.24. The van der Waals surface area contributed by atoms with Gasteiger partial charge in [-0.1, -0.05) is 20.8 Å². The van der Waals surface area contributed by atoms with Gasteiger partial charge in [-0.2, -0.15) is 0 Å². The van der Waals surface area contributed by atoms with E-state index in [9.17, 15) is 19.5 Å². The van der Waals surface area contributed by atoms with E-state index >= 15 is 0 Å². The van der Waals surface area contributed by atoms with Crippen LogP contribution in [0.4, 0.5) is 4.79 Å². The summed E-state index contributed by atoms with van der Waals surface area (Å²) >= 11 is 0. The zero-order valence-electron chi connectivity index (χ0n) is 14.2. The molecule has 1 heterocycles. The van der Waals surface area contributed by atoms with Crippen molar-refractivity contribution in [1.82, 2.24) is 10.2 Å².